The van der Waals surface area contributed by atoms with Gasteiger partial charge in [0, 0.05) is 25.0 Å². The summed E-state index contributed by atoms with van der Waals surface area (Å²) < 4.78 is 7.05. The molecule has 2 unspecified atom stereocenters. The summed E-state index contributed by atoms with van der Waals surface area (Å²) in [5.41, 5.74) is 2.46. The molecule has 0 spiro atoms. The smallest absolute Gasteiger partial charge is 0.228 e. The Morgan fingerprint density at radius 2 is 2.00 bits per heavy atom. The van der Waals surface area contributed by atoms with E-state index in [4.69, 9.17) is 16.3 Å². The van der Waals surface area contributed by atoms with Crippen molar-refractivity contribution in [1.82, 2.24) is 19.7 Å². The van der Waals surface area contributed by atoms with Crippen LogP contribution in [0.3, 0.4) is 0 Å². The van der Waals surface area contributed by atoms with Gasteiger partial charge in [0.25, 0.3) is 0 Å². The van der Waals surface area contributed by atoms with Crippen molar-refractivity contribution >= 4 is 29.1 Å². The van der Waals surface area contributed by atoms with Crippen LogP contribution in [0.4, 0.5) is 5.69 Å². The zero-order chi connectivity index (χ0) is 22.8. The van der Waals surface area contributed by atoms with Crippen molar-refractivity contribution in [3.8, 4) is 11.4 Å². The number of anilines is 1. The van der Waals surface area contributed by atoms with Crippen molar-refractivity contribution in [2.75, 3.05) is 25.6 Å². The fraction of sp³-hybridized carbons (Fsp3) is 0.304. The predicted molar refractivity (Wildman–Crippen MR) is 121 cm³/mol. The van der Waals surface area contributed by atoms with Gasteiger partial charge in [-0.15, -0.1) is 0 Å². The van der Waals surface area contributed by atoms with E-state index in [0.717, 1.165) is 11.3 Å². The highest BCUT2D eigenvalue weighted by Crippen LogP contribution is 2.36. The van der Waals surface area contributed by atoms with E-state index in [1.807, 2.05) is 31.2 Å². The highest BCUT2D eigenvalue weighted by Gasteiger charge is 2.38. The maximum absolute atomic E-state index is 13.2. The second kappa shape index (κ2) is 9.00. The summed E-state index contributed by atoms with van der Waals surface area (Å²) in [7, 11) is 3.31. The van der Waals surface area contributed by atoms with Crippen LogP contribution < -0.4 is 9.64 Å². The molecule has 0 bridgehead atoms. The molecule has 2 aromatic carbocycles. The maximum Gasteiger partial charge on any atom is 0.228 e. The number of hydrogen-bond donors (Lipinski definition) is 0. The lowest BCUT2D eigenvalue weighted by Crippen LogP contribution is -2.36. The van der Waals surface area contributed by atoms with Gasteiger partial charge in [0.15, 0.2) is 0 Å². The zero-order valence-corrected chi connectivity index (χ0v) is 18.9. The Kier molecular flexibility index (Phi) is 6.14. The van der Waals surface area contributed by atoms with E-state index < -0.39 is 5.92 Å². The number of ether oxygens (including phenoxy) is 1. The van der Waals surface area contributed by atoms with E-state index in [0.29, 0.717) is 16.5 Å². The van der Waals surface area contributed by atoms with Gasteiger partial charge in [-0.05, 0) is 42.8 Å². The van der Waals surface area contributed by atoms with Crippen molar-refractivity contribution in [3.05, 3.63) is 65.7 Å². The Bertz CT molecular complexity index is 1120. The van der Waals surface area contributed by atoms with Crippen molar-refractivity contribution < 1.29 is 14.3 Å². The minimum Gasteiger partial charge on any atom is -0.495 e. The van der Waals surface area contributed by atoms with Gasteiger partial charge in [0.1, 0.15) is 18.4 Å². The average molecular weight is 454 g/mol. The summed E-state index contributed by atoms with van der Waals surface area (Å²) in [6.07, 6.45) is 3.26. The molecule has 1 saturated heterocycles. The van der Waals surface area contributed by atoms with Crippen molar-refractivity contribution in [3.63, 3.8) is 0 Å². The second-order valence-electron chi connectivity index (χ2n) is 7.78. The molecule has 1 fully saturated rings. The molecule has 9 heteroatoms. The number of amides is 2. The molecular weight excluding hydrogens is 430 g/mol. The Morgan fingerprint density at radius 1 is 1.25 bits per heavy atom. The van der Waals surface area contributed by atoms with E-state index in [1.165, 1.54) is 6.33 Å². The summed E-state index contributed by atoms with van der Waals surface area (Å²) in [5.74, 6) is -0.0880. The number of carbonyl (C=O) groups is 2. The topological polar surface area (TPSA) is 80.6 Å². The quantitative estimate of drug-likeness (QED) is 0.570. The van der Waals surface area contributed by atoms with E-state index in [9.17, 15) is 9.59 Å². The highest BCUT2D eigenvalue weighted by molar-refractivity contribution is 6.31. The molecule has 8 nitrogen and oxygen atoms in total. The number of rotatable bonds is 6. The monoisotopic (exact) mass is 453 g/mol. The fourth-order valence-corrected chi connectivity index (χ4v) is 4.10. The lowest BCUT2D eigenvalue weighted by Gasteiger charge is -2.28. The summed E-state index contributed by atoms with van der Waals surface area (Å²) in [4.78, 5) is 33.2. The Morgan fingerprint density at radius 3 is 2.66 bits per heavy atom. The van der Waals surface area contributed by atoms with Crippen LogP contribution in [-0.4, -0.2) is 52.2 Å². The van der Waals surface area contributed by atoms with Crippen LogP contribution in [0.2, 0.25) is 5.02 Å². The summed E-state index contributed by atoms with van der Waals surface area (Å²) in [6.45, 7) is 2.26. The zero-order valence-electron chi connectivity index (χ0n) is 18.1. The van der Waals surface area contributed by atoms with Crippen LogP contribution >= 0.6 is 11.6 Å². The third-order valence-corrected chi connectivity index (χ3v) is 6.13. The molecule has 0 N–H and O–H groups in total. The van der Waals surface area contributed by atoms with Gasteiger partial charge < -0.3 is 14.5 Å². The van der Waals surface area contributed by atoms with Crippen LogP contribution in [0.1, 0.15) is 24.9 Å². The number of carbonyl (C=O) groups excluding carboxylic acids is 2. The van der Waals surface area contributed by atoms with Crippen LogP contribution in [-0.2, 0) is 9.59 Å². The van der Waals surface area contributed by atoms with Crippen molar-refractivity contribution in [1.29, 1.82) is 0 Å². The third kappa shape index (κ3) is 4.18. The summed E-state index contributed by atoms with van der Waals surface area (Å²) in [5, 5.41) is 4.62. The van der Waals surface area contributed by atoms with Gasteiger partial charge in [-0.1, -0.05) is 23.7 Å². The van der Waals surface area contributed by atoms with Gasteiger partial charge in [0.2, 0.25) is 11.8 Å². The number of halogens is 1. The molecule has 0 radical (unpaired) electrons. The maximum atomic E-state index is 13.2. The van der Waals surface area contributed by atoms with Crippen LogP contribution in [0.15, 0.2) is 55.1 Å². The van der Waals surface area contributed by atoms with Gasteiger partial charge >= 0.3 is 0 Å². The molecule has 32 heavy (non-hydrogen) atoms. The predicted octanol–water partition coefficient (Wildman–Crippen LogP) is 3.50. The number of hydrogen-bond acceptors (Lipinski definition) is 5. The lowest BCUT2D eigenvalue weighted by molar-refractivity contribution is -0.136. The van der Waals surface area contributed by atoms with E-state index in [1.54, 1.807) is 53.2 Å². The molecular formula is C23H24ClN5O3. The van der Waals surface area contributed by atoms with Crippen LogP contribution in [0.25, 0.3) is 5.69 Å². The average Bonchev–Trinajstić information content (AvgIpc) is 3.48. The minimum absolute atomic E-state index is 0.0744. The molecule has 2 amide bonds. The Labute approximate surface area is 191 Å². The van der Waals surface area contributed by atoms with Crippen molar-refractivity contribution in [2.24, 2.45) is 5.92 Å². The molecule has 0 aliphatic carbocycles. The SMILES string of the molecule is COc1ccc(Cl)cc1N1CC(C(=O)N(C)C(C)c2ccc(-n3cncn3)cc2)CC1=O. The highest BCUT2D eigenvalue weighted by atomic mass is 35.5. The first-order valence-electron chi connectivity index (χ1n) is 10.2. The Hall–Kier alpha value is -3.39. The van der Waals surface area contributed by atoms with Crippen molar-refractivity contribution in [2.45, 2.75) is 19.4 Å². The number of aromatic nitrogens is 3. The lowest BCUT2D eigenvalue weighted by atomic mass is 10.0. The Balaban J connectivity index is 1.47. The molecule has 1 aliphatic rings. The normalized spacial score (nSPS) is 16.8. The first-order chi connectivity index (χ1) is 15.4. The molecule has 1 aliphatic heterocycles. The summed E-state index contributed by atoms with van der Waals surface area (Å²) in [6, 6.07) is 12.8. The molecule has 166 valence electrons. The summed E-state index contributed by atoms with van der Waals surface area (Å²) >= 11 is 6.12. The number of benzene rings is 2. The molecule has 1 aromatic heterocycles. The molecule has 0 saturated carbocycles. The van der Waals surface area contributed by atoms with Gasteiger partial charge in [-0.25, -0.2) is 9.67 Å². The first-order valence-corrected chi connectivity index (χ1v) is 10.6. The second-order valence-corrected chi connectivity index (χ2v) is 8.21. The van der Waals surface area contributed by atoms with Gasteiger partial charge in [-0.3, -0.25) is 9.59 Å². The minimum atomic E-state index is -0.437. The van der Waals surface area contributed by atoms with Gasteiger partial charge in [0.05, 0.1) is 30.4 Å². The van der Waals surface area contributed by atoms with Gasteiger partial charge in [-0.2, -0.15) is 5.10 Å². The fourth-order valence-electron chi connectivity index (χ4n) is 3.93. The first kappa shape index (κ1) is 21.8. The van der Waals surface area contributed by atoms with E-state index in [2.05, 4.69) is 10.1 Å². The molecule has 3 aromatic rings. The number of methoxy groups -OCH3 is 1. The molecule has 2 atom stereocenters. The van der Waals surface area contributed by atoms with Crippen LogP contribution in [0.5, 0.6) is 5.75 Å². The van der Waals surface area contributed by atoms with Crippen LogP contribution in [0, 0.1) is 5.92 Å². The van der Waals surface area contributed by atoms with E-state index >= 15 is 0 Å². The molecule has 2 heterocycles. The van der Waals surface area contributed by atoms with E-state index in [-0.39, 0.29) is 30.8 Å². The third-order valence-electron chi connectivity index (χ3n) is 5.89. The molecule has 4 rings (SSSR count). The standard InChI is InChI=1S/C23H24ClN5O3/c1-15(16-4-7-19(8-5-16)29-14-25-13-26-29)27(2)23(31)17-10-22(30)28(12-17)20-11-18(24)6-9-21(20)32-3/h4-9,11,13-15,17H,10,12H2,1-3H3. The number of nitrogens with zero attached hydrogens (tertiary/aromatic N) is 5. The largest absolute Gasteiger partial charge is 0.495 e.